The Morgan fingerprint density at radius 1 is 1.75 bits per heavy atom. The van der Waals surface area contributed by atoms with Crippen LogP contribution in [0.1, 0.15) is 0 Å². The third-order valence-electron chi connectivity index (χ3n) is 0.658. The Labute approximate surface area is 47.5 Å². The maximum Gasteiger partial charge on any atom is 0.453 e. The van der Waals surface area contributed by atoms with Crippen LogP contribution in [0.4, 0.5) is 0 Å². The van der Waals surface area contributed by atoms with Crippen molar-refractivity contribution in [3.05, 3.63) is 0 Å². The van der Waals surface area contributed by atoms with Gasteiger partial charge in [-0.1, -0.05) is 0 Å². The lowest BCUT2D eigenvalue weighted by Gasteiger charge is -1.98. The van der Waals surface area contributed by atoms with E-state index in [-0.39, 0.29) is 6.32 Å². The van der Waals surface area contributed by atoms with E-state index in [1.165, 1.54) is 0 Å². The van der Waals surface area contributed by atoms with Crippen molar-refractivity contribution >= 4 is 13.4 Å². The summed E-state index contributed by atoms with van der Waals surface area (Å²) >= 11 is 0. The molecule has 4 N–H and O–H groups in total. The topological polar surface area (TPSA) is 83.6 Å². The number of aldehydes is 1. The summed E-state index contributed by atoms with van der Waals surface area (Å²) < 4.78 is 0. The molecule has 0 fully saturated rings. The average molecular weight is 117 g/mol. The molecule has 0 saturated heterocycles. The van der Waals surface area contributed by atoms with Crippen LogP contribution in [-0.4, -0.2) is 29.5 Å². The highest BCUT2D eigenvalue weighted by molar-refractivity contribution is 6.41. The van der Waals surface area contributed by atoms with E-state index < -0.39 is 13.2 Å². The number of hydrogen-bond acceptors (Lipinski definition) is 4. The van der Waals surface area contributed by atoms with Gasteiger partial charge in [0.25, 0.3) is 0 Å². The molecule has 46 valence electrons. The van der Waals surface area contributed by atoms with E-state index in [9.17, 15) is 4.79 Å². The summed E-state index contributed by atoms with van der Waals surface area (Å²) in [7, 11) is -1.48. The lowest BCUT2D eigenvalue weighted by Crippen LogP contribution is -2.28. The first-order valence-corrected chi connectivity index (χ1v) is 2.24. The molecule has 0 aliphatic carbocycles. The van der Waals surface area contributed by atoms with Gasteiger partial charge >= 0.3 is 7.12 Å². The number of hydrogen-bond donors (Lipinski definition) is 3. The molecule has 0 spiro atoms. The van der Waals surface area contributed by atoms with E-state index in [0.29, 0.717) is 6.29 Å². The molecule has 1 unspecified atom stereocenters. The summed E-state index contributed by atoms with van der Waals surface area (Å²) in [6, 6.07) is -0.755. The fraction of sp³-hybridized carbons (Fsp3) is 0.667. The van der Waals surface area contributed by atoms with Gasteiger partial charge < -0.3 is 20.6 Å². The molecule has 0 saturated carbocycles. The standard InChI is InChI=1S/C3H8BNO3/c5-3(2-6)1-4(7)8/h2-3,7-8H,1,5H2. The van der Waals surface area contributed by atoms with E-state index in [2.05, 4.69) is 0 Å². The van der Waals surface area contributed by atoms with Crippen molar-refractivity contribution in [2.45, 2.75) is 12.4 Å². The largest absolute Gasteiger partial charge is 0.453 e. The van der Waals surface area contributed by atoms with Gasteiger partial charge in [0.2, 0.25) is 0 Å². The Balaban J connectivity index is 3.23. The van der Waals surface area contributed by atoms with Crippen LogP contribution in [0.3, 0.4) is 0 Å². The lowest BCUT2D eigenvalue weighted by molar-refractivity contribution is -0.108. The zero-order valence-corrected chi connectivity index (χ0v) is 4.32. The first-order valence-electron chi connectivity index (χ1n) is 2.24. The predicted molar refractivity (Wildman–Crippen MR) is 29.0 cm³/mol. The normalized spacial score (nSPS) is 12.9. The van der Waals surface area contributed by atoms with Gasteiger partial charge in [0.05, 0.1) is 6.04 Å². The van der Waals surface area contributed by atoms with Crippen LogP contribution >= 0.6 is 0 Å². The first-order chi connectivity index (χ1) is 3.66. The zero-order valence-electron chi connectivity index (χ0n) is 4.32. The Bertz CT molecular complexity index is 76.9. The Hall–Kier alpha value is -0.385. The summed E-state index contributed by atoms with van der Waals surface area (Å²) in [5.41, 5.74) is 4.99. The Kier molecular flexibility index (Phi) is 3.42. The molecular weight excluding hydrogens is 109 g/mol. The van der Waals surface area contributed by atoms with Gasteiger partial charge in [-0.3, -0.25) is 0 Å². The highest BCUT2D eigenvalue weighted by Gasteiger charge is 2.11. The molecule has 0 aromatic carbocycles. The summed E-state index contributed by atoms with van der Waals surface area (Å²) in [5, 5.41) is 16.3. The van der Waals surface area contributed by atoms with Crippen molar-refractivity contribution in [3.8, 4) is 0 Å². The van der Waals surface area contributed by atoms with Crippen LogP contribution < -0.4 is 5.73 Å². The van der Waals surface area contributed by atoms with Crippen LogP contribution in [0, 0.1) is 0 Å². The van der Waals surface area contributed by atoms with Crippen LogP contribution in [-0.2, 0) is 4.79 Å². The third-order valence-corrected chi connectivity index (χ3v) is 0.658. The zero-order chi connectivity index (χ0) is 6.57. The maximum absolute atomic E-state index is 9.69. The van der Waals surface area contributed by atoms with E-state index in [1.54, 1.807) is 0 Å². The summed E-state index contributed by atoms with van der Waals surface area (Å²) in [6.07, 6.45) is 0.378. The van der Waals surface area contributed by atoms with Gasteiger partial charge in [-0.2, -0.15) is 0 Å². The molecule has 0 amide bonds. The monoisotopic (exact) mass is 117 g/mol. The molecule has 0 rings (SSSR count). The van der Waals surface area contributed by atoms with E-state index >= 15 is 0 Å². The molecule has 0 aliphatic rings. The van der Waals surface area contributed by atoms with Crippen molar-refractivity contribution in [1.82, 2.24) is 0 Å². The molecule has 0 aromatic heterocycles. The van der Waals surface area contributed by atoms with Gasteiger partial charge in [-0.15, -0.1) is 0 Å². The highest BCUT2D eigenvalue weighted by atomic mass is 16.4. The SMILES string of the molecule is NC(C=O)CB(O)O. The van der Waals surface area contributed by atoms with Gasteiger partial charge in [0.1, 0.15) is 6.29 Å². The molecule has 0 aliphatic heterocycles. The minimum Gasteiger partial charge on any atom is -0.427 e. The maximum atomic E-state index is 9.69. The van der Waals surface area contributed by atoms with Crippen LogP contribution in [0.25, 0.3) is 0 Å². The highest BCUT2D eigenvalue weighted by Crippen LogP contribution is 1.85. The second-order valence-electron chi connectivity index (χ2n) is 1.52. The molecule has 5 heteroatoms. The van der Waals surface area contributed by atoms with Crippen molar-refractivity contribution < 1.29 is 14.8 Å². The van der Waals surface area contributed by atoms with Gasteiger partial charge in [0.15, 0.2) is 0 Å². The van der Waals surface area contributed by atoms with Gasteiger partial charge in [-0.05, 0) is 0 Å². The average Bonchev–Trinajstić information content (AvgIpc) is 1.65. The van der Waals surface area contributed by atoms with Crippen LogP contribution in [0.2, 0.25) is 6.32 Å². The van der Waals surface area contributed by atoms with Crippen LogP contribution in [0.5, 0.6) is 0 Å². The second kappa shape index (κ2) is 3.60. The number of rotatable bonds is 3. The molecule has 1 atom stereocenters. The van der Waals surface area contributed by atoms with Gasteiger partial charge in [0, 0.05) is 6.32 Å². The summed E-state index contributed by atoms with van der Waals surface area (Å²) in [5.74, 6) is 0. The van der Waals surface area contributed by atoms with E-state index in [1.807, 2.05) is 0 Å². The van der Waals surface area contributed by atoms with E-state index in [0.717, 1.165) is 0 Å². The summed E-state index contributed by atoms with van der Waals surface area (Å²) in [6.45, 7) is 0. The smallest absolute Gasteiger partial charge is 0.427 e. The van der Waals surface area contributed by atoms with E-state index in [4.69, 9.17) is 15.8 Å². The van der Waals surface area contributed by atoms with Crippen molar-refractivity contribution in [2.75, 3.05) is 0 Å². The third kappa shape index (κ3) is 3.79. The molecular formula is C3H8BNO3. The molecule has 0 aromatic rings. The first kappa shape index (κ1) is 7.61. The predicted octanol–water partition coefficient (Wildman–Crippen LogP) is -2.01. The van der Waals surface area contributed by atoms with Crippen molar-refractivity contribution in [1.29, 1.82) is 0 Å². The van der Waals surface area contributed by atoms with Crippen molar-refractivity contribution in [2.24, 2.45) is 5.73 Å². The number of nitrogens with two attached hydrogens (primary N) is 1. The van der Waals surface area contributed by atoms with Gasteiger partial charge in [-0.25, -0.2) is 0 Å². The quantitative estimate of drug-likeness (QED) is 0.294. The summed E-state index contributed by atoms with van der Waals surface area (Å²) in [4.78, 5) is 9.69. The lowest BCUT2D eigenvalue weighted by atomic mass is 9.83. The fourth-order valence-corrected chi connectivity index (χ4v) is 0.299. The molecule has 0 heterocycles. The molecule has 0 radical (unpaired) electrons. The molecule has 8 heavy (non-hydrogen) atoms. The molecule has 4 nitrogen and oxygen atoms in total. The minimum absolute atomic E-state index is 0.0938. The van der Waals surface area contributed by atoms with Crippen LogP contribution in [0.15, 0.2) is 0 Å². The Morgan fingerprint density at radius 2 is 2.25 bits per heavy atom. The minimum atomic E-state index is -1.48. The number of carbonyl (C=O) groups excluding carboxylic acids is 1. The number of carbonyl (C=O) groups is 1. The van der Waals surface area contributed by atoms with Crippen molar-refractivity contribution in [3.63, 3.8) is 0 Å². The second-order valence-corrected chi connectivity index (χ2v) is 1.52. The fourth-order valence-electron chi connectivity index (χ4n) is 0.299. The Morgan fingerprint density at radius 3 is 2.38 bits per heavy atom. The molecule has 0 bridgehead atoms.